The molecule has 1 unspecified atom stereocenters. The number of ketones is 1. The summed E-state index contributed by atoms with van der Waals surface area (Å²) in [6.07, 6.45) is 3.11. The molecular formula is C15H22FNO2. The Balaban J connectivity index is 2.69. The minimum atomic E-state index is -0.418. The zero-order valence-corrected chi connectivity index (χ0v) is 11.6. The SMILES string of the molecule is CCC(CCN)CCC(=O)c1cc(F)ccc1OC. The van der Waals surface area contributed by atoms with Gasteiger partial charge in [-0.2, -0.15) is 0 Å². The fourth-order valence-electron chi connectivity index (χ4n) is 2.16. The van der Waals surface area contributed by atoms with Crippen molar-refractivity contribution in [2.75, 3.05) is 13.7 Å². The van der Waals surface area contributed by atoms with Gasteiger partial charge in [0.25, 0.3) is 0 Å². The van der Waals surface area contributed by atoms with E-state index in [9.17, 15) is 9.18 Å². The molecule has 106 valence electrons. The maximum absolute atomic E-state index is 13.2. The van der Waals surface area contributed by atoms with Gasteiger partial charge in [0.1, 0.15) is 11.6 Å². The van der Waals surface area contributed by atoms with Crippen LogP contribution in [0.1, 0.15) is 43.0 Å². The first kappa shape index (κ1) is 15.6. The number of carbonyl (C=O) groups excluding carboxylic acids is 1. The van der Waals surface area contributed by atoms with Crippen molar-refractivity contribution in [2.45, 2.75) is 32.6 Å². The van der Waals surface area contributed by atoms with Gasteiger partial charge in [-0.3, -0.25) is 4.79 Å². The Hall–Kier alpha value is -1.42. The Morgan fingerprint density at radius 3 is 2.74 bits per heavy atom. The molecule has 0 saturated carbocycles. The molecule has 0 aliphatic heterocycles. The van der Waals surface area contributed by atoms with Crippen molar-refractivity contribution in [3.63, 3.8) is 0 Å². The smallest absolute Gasteiger partial charge is 0.166 e. The molecule has 1 aromatic carbocycles. The van der Waals surface area contributed by atoms with Gasteiger partial charge in [0.05, 0.1) is 12.7 Å². The van der Waals surface area contributed by atoms with Crippen LogP contribution in [0.3, 0.4) is 0 Å². The Kier molecular flexibility index (Phi) is 6.50. The van der Waals surface area contributed by atoms with Crippen molar-refractivity contribution in [3.05, 3.63) is 29.6 Å². The lowest BCUT2D eigenvalue weighted by molar-refractivity contribution is 0.0969. The van der Waals surface area contributed by atoms with Crippen LogP contribution in [0.25, 0.3) is 0 Å². The van der Waals surface area contributed by atoms with Crippen LogP contribution in [0.4, 0.5) is 4.39 Å². The fraction of sp³-hybridized carbons (Fsp3) is 0.533. The number of rotatable bonds is 8. The molecule has 1 rings (SSSR count). The standard InChI is InChI=1S/C15H22FNO2/c1-3-11(8-9-17)4-6-14(18)13-10-12(16)5-7-15(13)19-2/h5,7,10-11H,3-4,6,8-9,17H2,1-2H3. The number of hydrogen-bond donors (Lipinski definition) is 1. The second-order valence-corrected chi connectivity index (χ2v) is 4.66. The fourth-order valence-corrected chi connectivity index (χ4v) is 2.16. The Labute approximate surface area is 113 Å². The van der Waals surface area contributed by atoms with Crippen LogP contribution in [0, 0.1) is 11.7 Å². The van der Waals surface area contributed by atoms with Crippen molar-refractivity contribution < 1.29 is 13.9 Å². The maximum Gasteiger partial charge on any atom is 0.166 e. The molecule has 4 heteroatoms. The summed E-state index contributed by atoms with van der Waals surface area (Å²) in [6.45, 7) is 2.73. The molecule has 0 spiro atoms. The molecule has 0 heterocycles. The lowest BCUT2D eigenvalue weighted by Gasteiger charge is -2.13. The van der Waals surface area contributed by atoms with Crippen LogP contribution in [0.15, 0.2) is 18.2 Å². The van der Waals surface area contributed by atoms with E-state index >= 15 is 0 Å². The monoisotopic (exact) mass is 267 g/mol. The summed E-state index contributed by atoms with van der Waals surface area (Å²) < 4.78 is 18.3. The van der Waals surface area contributed by atoms with Crippen molar-refractivity contribution in [1.29, 1.82) is 0 Å². The third-order valence-corrected chi connectivity index (χ3v) is 3.39. The first-order valence-electron chi connectivity index (χ1n) is 6.69. The molecule has 0 bridgehead atoms. The van der Waals surface area contributed by atoms with Gasteiger partial charge in [-0.05, 0) is 43.5 Å². The van der Waals surface area contributed by atoms with Crippen LogP contribution in [-0.2, 0) is 0 Å². The highest BCUT2D eigenvalue weighted by molar-refractivity contribution is 5.98. The highest BCUT2D eigenvalue weighted by Crippen LogP contribution is 2.23. The molecule has 0 radical (unpaired) electrons. The van der Waals surface area contributed by atoms with E-state index in [2.05, 4.69) is 6.92 Å². The molecule has 0 amide bonds. The van der Waals surface area contributed by atoms with Gasteiger partial charge < -0.3 is 10.5 Å². The van der Waals surface area contributed by atoms with E-state index in [1.165, 1.54) is 25.3 Å². The summed E-state index contributed by atoms with van der Waals surface area (Å²) in [5, 5.41) is 0. The number of ether oxygens (including phenoxy) is 1. The molecule has 3 nitrogen and oxygen atoms in total. The highest BCUT2D eigenvalue weighted by atomic mass is 19.1. The van der Waals surface area contributed by atoms with Crippen molar-refractivity contribution in [3.8, 4) is 5.75 Å². The summed E-state index contributed by atoms with van der Waals surface area (Å²) in [6, 6.07) is 4.02. The van der Waals surface area contributed by atoms with Crippen molar-refractivity contribution in [2.24, 2.45) is 11.7 Å². The van der Waals surface area contributed by atoms with Gasteiger partial charge >= 0.3 is 0 Å². The van der Waals surface area contributed by atoms with Crippen molar-refractivity contribution >= 4 is 5.78 Å². The lowest BCUT2D eigenvalue weighted by atomic mass is 9.93. The van der Waals surface area contributed by atoms with E-state index in [4.69, 9.17) is 10.5 Å². The molecule has 2 N–H and O–H groups in total. The minimum absolute atomic E-state index is 0.0770. The predicted molar refractivity (Wildman–Crippen MR) is 74.0 cm³/mol. The molecule has 1 atom stereocenters. The van der Waals surface area contributed by atoms with E-state index < -0.39 is 5.82 Å². The van der Waals surface area contributed by atoms with Gasteiger partial charge in [0.2, 0.25) is 0 Å². The zero-order valence-electron chi connectivity index (χ0n) is 11.6. The number of hydrogen-bond acceptors (Lipinski definition) is 3. The number of methoxy groups -OCH3 is 1. The van der Waals surface area contributed by atoms with Crippen molar-refractivity contribution in [1.82, 2.24) is 0 Å². The van der Waals surface area contributed by atoms with E-state index in [1.54, 1.807) is 0 Å². The number of Topliss-reactive ketones (excluding diaryl/α,β-unsaturated/α-hetero) is 1. The molecule has 0 aromatic heterocycles. The number of carbonyl (C=O) groups is 1. The van der Waals surface area contributed by atoms with E-state index in [0.717, 1.165) is 19.3 Å². The van der Waals surface area contributed by atoms with E-state index in [0.29, 0.717) is 30.2 Å². The quantitative estimate of drug-likeness (QED) is 0.736. The third-order valence-electron chi connectivity index (χ3n) is 3.39. The van der Waals surface area contributed by atoms with Gasteiger partial charge in [0.15, 0.2) is 5.78 Å². The normalized spacial score (nSPS) is 12.2. The molecule has 0 aliphatic rings. The summed E-state index contributed by atoms with van der Waals surface area (Å²) in [4.78, 5) is 12.1. The molecule has 19 heavy (non-hydrogen) atoms. The number of nitrogens with two attached hydrogens (primary N) is 1. The van der Waals surface area contributed by atoms with Crippen LogP contribution < -0.4 is 10.5 Å². The molecule has 0 aliphatic carbocycles. The van der Waals surface area contributed by atoms with Gasteiger partial charge in [0, 0.05) is 6.42 Å². The summed E-state index contributed by atoms with van der Waals surface area (Å²) in [5.74, 6) is 0.386. The van der Waals surface area contributed by atoms with Crippen LogP contribution in [-0.4, -0.2) is 19.4 Å². The van der Waals surface area contributed by atoms with Crippen LogP contribution >= 0.6 is 0 Å². The first-order chi connectivity index (χ1) is 9.12. The van der Waals surface area contributed by atoms with Gasteiger partial charge in [-0.1, -0.05) is 13.3 Å². The predicted octanol–water partition coefficient (Wildman–Crippen LogP) is 3.17. The topological polar surface area (TPSA) is 52.3 Å². The van der Waals surface area contributed by atoms with Crippen LogP contribution in [0.5, 0.6) is 5.75 Å². The minimum Gasteiger partial charge on any atom is -0.496 e. The average Bonchev–Trinajstić information content (AvgIpc) is 2.43. The Morgan fingerprint density at radius 2 is 2.16 bits per heavy atom. The van der Waals surface area contributed by atoms with Crippen LogP contribution in [0.2, 0.25) is 0 Å². The second-order valence-electron chi connectivity index (χ2n) is 4.66. The number of halogens is 1. The Bertz CT molecular complexity index is 421. The zero-order chi connectivity index (χ0) is 14.3. The Morgan fingerprint density at radius 1 is 1.42 bits per heavy atom. The summed E-state index contributed by atoms with van der Waals surface area (Å²) in [7, 11) is 1.48. The van der Waals surface area contributed by atoms with Gasteiger partial charge in [-0.15, -0.1) is 0 Å². The largest absolute Gasteiger partial charge is 0.496 e. The van der Waals surface area contributed by atoms with E-state index in [1.807, 2.05) is 0 Å². The average molecular weight is 267 g/mol. The molecule has 0 saturated heterocycles. The molecular weight excluding hydrogens is 245 g/mol. The molecule has 1 aromatic rings. The molecule has 0 fully saturated rings. The first-order valence-corrected chi connectivity index (χ1v) is 6.69. The second kappa shape index (κ2) is 7.89. The maximum atomic E-state index is 13.2. The van der Waals surface area contributed by atoms with Gasteiger partial charge in [-0.25, -0.2) is 4.39 Å². The lowest BCUT2D eigenvalue weighted by Crippen LogP contribution is -2.11. The van der Waals surface area contributed by atoms with E-state index in [-0.39, 0.29) is 5.78 Å². The summed E-state index contributed by atoms with van der Waals surface area (Å²) in [5.41, 5.74) is 5.86. The highest BCUT2D eigenvalue weighted by Gasteiger charge is 2.15. The number of benzene rings is 1. The summed E-state index contributed by atoms with van der Waals surface area (Å²) >= 11 is 0. The third kappa shape index (κ3) is 4.63.